The number of hydrogen-bond acceptors (Lipinski definition) is 5. The van der Waals surface area contributed by atoms with E-state index in [9.17, 15) is 9.18 Å². The fraction of sp³-hybridized carbons (Fsp3) is 0.188. The number of fused-ring (bicyclic) bond motifs is 2. The van der Waals surface area contributed by atoms with Crippen molar-refractivity contribution >= 4 is 33.5 Å². The van der Waals surface area contributed by atoms with Crippen LogP contribution in [0.1, 0.15) is 12.8 Å². The van der Waals surface area contributed by atoms with Gasteiger partial charge in [-0.15, -0.1) is 0 Å². The fourth-order valence-corrected chi connectivity index (χ4v) is 5.61. The first-order chi connectivity index (χ1) is 20.0. The zero-order valence-electron chi connectivity index (χ0n) is 22.5. The van der Waals surface area contributed by atoms with Crippen LogP contribution in [0.2, 0.25) is 0 Å². The van der Waals surface area contributed by atoms with E-state index in [1.807, 2.05) is 30.3 Å². The van der Waals surface area contributed by atoms with E-state index >= 15 is 0 Å². The molecule has 0 radical (unpaired) electrons. The summed E-state index contributed by atoms with van der Waals surface area (Å²) in [7, 11) is 2.08. The van der Waals surface area contributed by atoms with Gasteiger partial charge in [0.2, 0.25) is 5.91 Å². The largest absolute Gasteiger partial charge is 0.353 e. The number of benzene rings is 2. The minimum Gasteiger partial charge on any atom is -0.353 e. The second-order valence-corrected chi connectivity index (χ2v) is 10.7. The summed E-state index contributed by atoms with van der Waals surface area (Å²) >= 11 is 0. The van der Waals surface area contributed by atoms with Gasteiger partial charge in [0, 0.05) is 45.7 Å². The van der Waals surface area contributed by atoms with Gasteiger partial charge in [0.1, 0.15) is 11.5 Å². The van der Waals surface area contributed by atoms with E-state index in [2.05, 4.69) is 48.5 Å². The second kappa shape index (κ2) is 10.3. The van der Waals surface area contributed by atoms with Crippen molar-refractivity contribution in [3.8, 4) is 33.6 Å². The van der Waals surface area contributed by atoms with Crippen LogP contribution >= 0.6 is 0 Å². The molecule has 8 nitrogen and oxygen atoms in total. The Morgan fingerprint density at radius 2 is 1.76 bits per heavy atom. The third-order valence-corrected chi connectivity index (χ3v) is 7.92. The Hall–Kier alpha value is -4.89. The zero-order valence-corrected chi connectivity index (χ0v) is 22.5. The maximum absolute atomic E-state index is 13.5. The maximum atomic E-state index is 13.5. The van der Waals surface area contributed by atoms with Crippen LogP contribution in [0, 0.1) is 11.7 Å². The number of likely N-dealkylation sites (tertiary alicyclic amines) is 1. The van der Waals surface area contributed by atoms with E-state index in [1.54, 1.807) is 30.7 Å². The molecule has 41 heavy (non-hydrogen) atoms. The summed E-state index contributed by atoms with van der Waals surface area (Å²) in [6, 6.07) is 18.6. The van der Waals surface area contributed by atoms with Crippen molar-refractivity contribution < 1.29 is 9.18 Å². The van der Waals surface area contributed by atoms with Gasteiger partial charge in [0.25, 0.3) is 0 Å². The quantitative estimate of drug-likeness (QED) is 0.238. The van der Waals surface area contributed by atoms with Gasteiger partial charge >= 0.3 is 0 Å². The Morgan fingerprint density at radius 3 is 2.59 bits per heavy atom. The zero-order chi connectivity index (χ0) is 27.9. The molecule has 204 valence electrons. The summed E-state index contributed by atoms with van der Waals surface area (Å²) in [6.45, 7) is 1.86. The molecule has 1 amide bonds. The molecule has 5 heterocycles. The van der Waals surface area contributed by atoms with E-state index in [0.717, 1.165) is 75.9 Å². The number of amides is 1. The molecule has 6 aromatic rings. The molecule has 0 bridgehead atoms. The van der Waals surface area contributed by atoms with Crippen LogP contribution in [-0.2, 0) is 4.79 Å². The minimum atomic E-state index is -0.262. The van der Waals surface area contributed by atoms with Gasteiger partial charge in [0.05, 0.1) is 17.6 Å². The van der Waals surface area contributed by atoms with Crippen molar-refractivity contribution in [2.24, 2.45) is 5.92 Å². The summed E-state index contributed by atoms with van der Waals surface area (Å²) in [5.74, 6) is -0.204. The number of nitrogens with zero attached hydrogens (tertiary/aromatic N) is 4. The number of carbonyl (C=O) groups excluding carboxylic acids is 1. The molecule has 7 rings (SSSR count). The number of halogens is 1. The molecular formula is C32H28FN7O. The van der Waals surface area contributed by atoms with E-state index in [0.29, 0.717) is 11.3 Å². The van der Waals surface area contributed by atoms with Gasteiger partial charge in [-0.05, 0) is 80.5 Å². The van der Waals surface area contributed by atoms with Crippen LogP contribution in [0.4, 0.5) is 10.1 Å². The standard InChI is InChI=1S/C32H28FN7O/c1-40-11-9-20(10-12-40)32(41)36-24-13-21(16-34-18-24)22-14-27-30(38-39-31(27)35-17-22)29-15-26-25(3-2-4-28(26)37-29)19-5-7-23(33)8-6-19/h2-8,13-18,20,37H,9-12H2,1H3,(H,36,41)(H,35,38,39). The SMILES string of the molecule is CN1CCC(C(=O)Nc2cncc(-c3cnc4[nH]nc(-c5cc6c(-c7ccc(F)cc7)cccc6[nH]5)c4c3)c2)CC1. The average molecular weight is 546 g/mol. The smallest absolute Gasteiger partial charge is 0.227 e. The maximum Gasteiger partial charge on any atom is 0.227 e. The van der Waals surface area contributed by atoms with E-state index in [1.165, 1.54) is 12.1 Å². The van der Waals surface area contributed by atoms with E-state index in [4.69, 9.17) is 0 Å². The number of nitrogens with one attached hydrogen (secondary N) is 3. The highest BCUT2D eigenvalue weighted by Crippen LogP contribution is 2.35. The van der Waals surface area contributed by atoms with Crippen LogP contribution in [0.5, 0.6) is 0 Å². The van der Waals surface area contributed by atoms with E-state index < -0.39 is 0 Å². The van der Waals surface area contributed by atoms with Gasteiger partial charge in [0.15, 0.2) is 5.65 Å². The Kier molecular flexibility index (Phi) is 6.28. The number of aromatic amines is 2. The molecule has 2 aromatic carbocycles. The lowest BCUT2D eigenvalue weighted by Gasteiger charge is -2.28. The van der Waals surface area contributed by atoms with Gasteiger partial charge in [-0.2, -0.15) is 5.10 Å². The summed E-state index contributed by atoms with van der Waals surface area (Å²) in [6.07, 6.45) is 6.94. The Morgan fingerprint density at radius 1 is 0.951 bits per heavy atom. The van der Waals surface area contributed by atoms with Crippen LogP contribution in [-0.4, -0.2) is 56.1 Å². The van der Waals surface area contributed by atoms with Crippen molar-refractivity contribution in [3.63, 3.8) is 0 Å². The number of hydrogen-bond donors (Lipinski definition) is 3. The third kappa shape index (κ3) is 4.85. The molecule has 1 fully saturated rings. The molecule has 1 aliphatic rings. The lowest BCUT2D eigenvalue weighted by Crippen LogP contribution is -2.35. The summed E-state index contributed by atoms with van der Waals surface area (Å²) in [5, 5.41) is 12.6. The van der Waals surface area contributed by atoms with Gasteiger partial charge in [-0.1, -0.05) is 24.3 Å². The molecule has 0 saturated carbocycles. The first kappa shape index (κ1) is 25.1. The van der Waals surface area contributed by atoms with Gasteiger partial charge in [-0.3, -0.25) is 14.9 Å². The van der Waals surface area contributed by atoms with E-state index in [-0.39, 0.29) is 17.6 Å². The molecule has 9 heteroatoms. The first-order valence-electron chi connectivity index (χ1n) is 13.7. The second-order valence-electron chi connectivity index (χ2n) is 10.7. The Labute approximate surface area is 235 Å². The van der Waals surface area contributed by atoms with Crippen LogP contribution in [0.15, 0.2) is 79.3 Å². The highest BCUT2D eigenvalue weighted by Gasteiger charge is 2.23. The van der Waals surface area contributed by atoms with Crippen molar-refractivity contribution in [2.45, 2.75) is 12.8 Å². The Bertz CT molecular complexity index is 1880. The first-order valence-corrected chi connectivity index (χ1v) is 13.7. The van der Waals surface area contributed by atoms with Crippen LogP contribution < -0.4 is 5.32 Å². The summed E-state index contributed by atoms with van der Waals surface area (Å²) in [4.78, 5) is 27.6. The molecule has 0 atom stereocenters. The molecule has 0 aliphatic carbocycles. The number of H-pyrrole nitrogens is 2. The monoisotopic (exact) mass is 545 g/mol. The van der Waals surface area contributed by atoms with Gasteiger partial charge < -0.3 is 15.2 Å². The van der Waals surface area contributed by atoms with Crippen molar-refractivity contribution in [2.75, 3.05) is 25.5 Å². The molecular weight excluding hydrogens is 517 g/mol. The van der Waals surface area contributed by atoms with Crippen LogP contribution in [0.25, 0.3) is 55.6 Å². The minimum absolute atomic E-state index is 0.0150. The molecule has 3 N–H and O–H groups in total. The fourth-order valence-electron chi connectivity index (χ4n) is 5.61. The predicted molar refractivity (Wildman–Crippen MR) is 159 cm³/mol. The third-order valence-electron chi connectivity index (χ3n) is 7.92. The summed E-state index contributed by atoms with van der Waals surface area (Å²) < 4.78 is 13.5. The number of pyridine rings is 2. The van der Waals surface area contributed by atoms with Crippen LogP contribution in [0.3, 0.4) is 0 Å². The molecule has 1 aliphatic heterocycles. The highest BCUT2D eigenvalue weighted by molar-refractivity contribution is 6.01. The highest BCUT2D eigenvalue weighted by atomic mass is 19.1. The number of carbonyl (C=O) groups is 1. The topological polar surface area (TPSA) is 103 Å². The molecule has 0 spiro atoms. The van der Waals surface area contributed by atoms with Crippen molar-refractivity contribution in [3.05, 3.63) is 85.1 Å². The molecule has 4 aromatic heterocycles. The predicted octanol–water partition coefficient (Wildman–Crippen LogP) is 6.25. The molecule has 0 unspecified atom stereocenters. The number of piperidine rings is 1. The van der Waals surface area contributed by atoms with Gasteiger partial charge in [-0.25, -0.2) is 9.37 Å². The lowest BCUT2D eigenvalue weighted by atomic mass is 9.96. The van der Waals surface area contributed by atoms with Crippen molar-refractivity contribution in [1.29, 1.82) is 0 Å². The summed E-state index contributed by atoms with van der Waals surface area (Å²) in [5.41, 5.74) is 7.55. The average Bonchev–Trinajstić information content (AvgIpc) is 3.62. The number of rotatable bonds is 5. The van der Waals surface area contributed by atoms with Crippen molar-refractivity contribution in [1.82, 2.24) is 30.0 Å². The number of anilines is 1. The molecule has 1 saturated heterocycles. The Balaban J connectivity index is 1.20. The lowest BCUT2D eigenvalue weighted by molar-refractivity contribution is -0.121. The normalized spacial score (nSPS) is 14.6. The number of aromatic nitrogens is 5.